The Labute approximate surface area is 46.7 Å². The van der Waals surface area contributed by atoms with Crippen LogP contribution in [0.15, 0.2) is 0 Å². The van der Waals surface area contributed by atoms with Crippen LogP contribution in [0.2, 0.25) is 0 Å². The van der Waals surface area contributed by atoms with Crippen molar-refractivity contribution in [3.63, 3.8) is 0 Å². The van der Waals surface area contributed by atoms with Crippen molar-refractivity contribution in [1.29, 1.82) is 0 Å². The molecule has 0 fully saturated rings. The summed E-state index contributed by atoms with van der Waals surface area (Å²) in [6.45, 7) is 0. The molecule has 50 valence electrons. The molecule has 8 heavy (non-hydrogen) atoms. The third-order valence-electron chi connectivity index (χ3n) is 0.466. The molecule has 0 aliphatic carbocycles. The van der Waals surface area contributed by atoms with E-state index in [-0.39, 0.29) is 0 Å². The van der Waals surface area contributed by atoms with Crippen LogP contribution < -0.4 is 0 Å². The summed E-state index contributed by atoms with van der Waals surface area (Å²) in [5, 5.41) is 8.16. The van der Waals surface area contributed by atoms with Gasteiger partial charge < -0.3 is 19.5 Å². The van der Waals surface area contributed by atoms with Gasteiger partial charge in [0, 0.05) is 0 Å². The lowest BCUT2D eigenvalue weighted by Crippen LogP contribution is -1.95. The lowest BCUT2D eigenvalue weighted by molar-refractivity contribution is 0.260. The van der Waals surface area contributed by atoms with Gasteiger partial charge in [-0.05, 0) is 0 Å². The van der Waals surface area contributed by atoms with Gasteiger partial charge in [-0.1, -0.05) is 0 Å². The molecule has 0 aromatic heterocycles. The molecule has 0 heterocycles. The van der Waals surface area contributed by atoms with Crippen molar-refractivity contribution in [2.75, 3.05) is 0 Å². The normalized spacial score (nSPS) is 17.4. The summed E-state index contributed by atoms with van der Waals surface area (Å²) in [6, 6.07) is 0. The first kappa shape index (κ1) is 8.34. The van der Waals surface area contributed by atoms with Crippen molar-refractivity contribution < 1.29 is 24.0 Å². The van der Waals surface area contributed by atoms with Crippen LogP contribution >= 0.6 is 16.1 Å². The largest absolute Gasteiger partial charge is 0.374 e. The molecular weight excluding hydrogens is 154 g/mol. The van der Waals surface area contributed by atoms with Crippen molar-refractivity contribution in [1.82, 2.24) is 0 Å². The third-order valence-corrected chi connectivity index (χ3v) is 2.93. The van der Waals surface area contributed by atoms with E-state index in [1.165, 1.54) is 0 Å². The average molecular weight is 160 g/mol. The van der Waals surface area contributed by atoms with Gasteiger partial charge in [-0.3, -0.25) is 4.57 Å². The SMILES string of the molecule is O=[PH2]C(O)P(=O)(O)O. The maximum Gasteiger partial charge on any atom is 0.360 e. The highest BCUT2D eigenvalue weighted by Gasteiger charge is 2.23. The van der Waals surface area contributed by atoms with Gasteiger partial charge in [0.1, 0.15) is 8.46 Å². The highest BCUT2D eigenvalue weighted by atomic mass is 31.2. The molecule has 0 spiro atoms. The molecule has 0 amide bonds. The Morgan fingerprint density at radius 1 is 1.50 bits per heavy atom. The van der Waals surface area contributed by atoms with Gasteiger partial charge in [0.15, 0.2) is 0 Å². The molecule has 3 N–H and O–H groups in total. The first-order valence-corrected chi connectivity index (χ1v) is 4.49. The molecule has 0 aromatic rings. The molecule has 5 nitrogen and oxygen atoms in total. The van der Waals surface area contributed by atoms with E-state index in [4.69, 9.17) is 14.9 Å². The van der Waals surface area contributed by atoms with Crippen LogP contribution in [0.1, 0.15) is 0 Å². The van der Waals surface area contributed by atoms with Crippen LogP contribution in [-0.4, -0.2) is 20.5 Å². The molecule has 0 bridgehead atoms. The van der Waals surface area contributed by atoms with Crippen molar-refractivity contribution in [3.8, 4) is 0 Å². The molecule has 0 saturated carbocycles. The summed E-state index contributed by atoms with van der Waals surface area (Å²) < 4.78 is 19.4. The Hall–Kier alpha value is 0.340. The van der Waals surface area contributed by atoms with Gasteiger partial charge >= 0.3 is 7.60 Å². The van der Waals surface area contributed by atoms with E-state index in [2.05, 4.69) is 0 Å². The first-order valence-electron chi connectivity index (χ1n) is 1.67. The van der Waals surface area contributed by atoms with Crippen LogP contribution in [-0.2, 0) is 9.13 Å². The van der Waals surface area contributed by atoms with Crippen LogP contribution in [0, 0.1) is 0 Å². The van der Waals surface area contributed by atoms with E-state index in [1.807, 2.05) is 0 Å². The summed E-state index contributed by atoms with van der Waals surface area (Å²) in [6.07, 6.45) is 0. The van der Waals surface area contributed by atoms with Gasteiger partial charge in [0.05, 0.1) is 0 Å². The van der Waals surface area contributed by atoms with E-state index in [0.29, 0.717) is 0 Å². The maximum absolute atomic E-state index is 9.83. The second-order valence-electron chi connectivity index (χ2n) is 1.14. The fourth-order valence-corrected chi connectivity index (χ4v) is 0.714. The summed E-state index contributed by atoms with van der Waals surface area (Å²) in [5.41, 5.74) is -1.96. The zero-order chi connectivity index (χ0) is 6.78. The Bertz CT molecular complexity index is 124. The monoisotopic (exact) mass is 160 g/mol. The zero-order valence-electron chi connectivity index (χ0n) is 3.76. The van der Waals surface area contributed by atoms with Crippen molar-refractivity contribution in [3.05, 3.63) is 0 Å². The molecule has 0 rings (SSSR count). The smallest absolute Gasteiger partial charge is 0.360 e. The van der Waals surface area contributed by atoms with E-state index in [0.717, 1.165) is 0 Å². The van der Waals surface area contributed by atoms with E-state index >= 15 is 0 Å². The molecule has 0 saturated heterocycles. The van der Waals surface area contributed by atoms with Gasteiger partial charge in [-0.15, -0.1) is 0 Å². The van der Waals surface area contributed by atoms with Crippen LogP contribution in [0.5, 0.6) is 0 Å². The minimum Gasteiger partial charge on any atom is -0.374 e. The summed E-state index contributed by atoms with van der Waals surface area (Å²) in [4.78, 5) is 15.9. The minimum atomic E-state index is -4.48. The Kier molecular flexibility index (Phi) is 2.88. The molecule has 2 atom stereocenters. The Morgan fingerprint density at radius 3 is 1.88 bits per heavy atom. The predicted molar refractivity (Wildman–Crippen MR) is 28.4 cm³/mol. The van der Waals surface area contributed by atoms with Crippen LogP contribution in [0.25, 0.3) is 0 Å². The maximum atomic E-state index is 9.83. The molecule has 0 aromatic carbocycles. The number of hydrogen-bond acceptors (Lipinski definition) is 3. The topological polar surface area (TPSA) is 94.8 Å². The molecule has 2 unspecified atom stereocenters. The fourth-order valence-electron chi connectivity index (χ4n) is 0.0793. The lowest BCUT2D eigenvalue weighted by atomic mass is 11.7. The first-order chi connectivity index (χ1) is 3.48. The Balaban J connectivity index is 4.02. The Morgan fingerprint density at radius 2 is 1.88 bits per heavy atom. The molecule has 7 heteroatoms. The zero-order valence-corrected chi connectivity index (χ0v) is 5.81. The van der Waals surface area contributed by atoms with Crippen molar-refractivity contribution in [2.45, 2.75) is 5.59 Å². The van der Waals surface area contributed by atoms with Gasteiger partial charge in [0.2, 0.25) is 5.59 Å². The second kappa shape index (κ2) is 2.76. The average Bonchev–Trinajstić information content (AvgIpc) is 1.62. The van der Waals surface area contributed by atoms with Crippen LogP contribution in [0.3, 0.4) is 0 Å². The van der Waals surface area contributed by atoms with E-state index < -0.39 is 21.6 Å². The molecule has 0 aliphatic rings. The number of hydrogen-bond donors (Lipinski definition) is 3. The van der Waals surface area contributed by atoms with Gasteiger partial charge in [-0.2, -0.15) is 0 Å². The van der Waals surface area contributed by atoms with Crippen LogP contribution in [0.4, 0.5) is 0 Å². The molecule has 0 aliphatic heterocycles. The van der Waals surface area contributed by atoms with Crippen molar-refractivity contribution in [2.24, 2.45) is 0 Å². The number of rotatable bonds is 2. The number of aliphatic hydroxyl groups excluding tert-OH is 1. The van der Waals surface area contributed by atoms with Gasteiger partial charge in [-0.25, -0.2) is 0 Å². The van der Waals surface area contributed by atoms with E-state index in [1.54, 1.807) is 0 Å². The van der Waals surface area contributed by atoms with Crippen molar-refractivity contribution >= 4 is 16.1 Å². The molecule has 0 radical (unpaired) electrons. The highest BCUT2D eigenvalue weighted by Crippen LogP contribution is 2.44. The summed E-state index contributed by atoms with van der Waals surface area (Å²) >= 11 is 0. The third kappa shape index (κ3) is 2.60. The second-order valence-corrected chi connectivity index (χ2v) is 4.31. The number of aliphatic hydroxyl groups is 1. The summed E-state index contributed by atoms with van der Waals surface area (Å²) in [5.74, 6) is 0. The fraction of sp³-hybridized carbons (Fsp3) is 1.00. The minimum absolute atomic E-state index is 1.80. The summed E-state index contributed by atoms with van der Waals surface area (Å²) in [7, 11) is -6.28. The lowest BCUT2D eigenvalue weighted by Gasteiger charge is -2.02. The molecular formula is CH6O5P2. The highest BCUT2D eigenvalue weighted by molar-refractivity contribution is 7.61. The van der Waals surface area contributed by atoms with E-state index in [9.17, 15) is 9.13 Å². The standard InChI is InChI=1S/CH6O5P2/c2-1(7-3)8(4,5)6/h1-2H,7H2,(H2,4,5,6). The quantitative estimate of drug-likeness (QED) is 0.459. The predicted octanol–water partition coefficient (Wildman–Crippen LogP) is -0.804. The van der Waals surface area contributed by atoms with Gasteiger partial charge in [0.25, 0.3) is 0 Å².